The molecule has 1 amide bonds. The molecule has 7 heteroatoms. The van der Waals surface area contributed by atoms with Gasteiger partial charge in [0.05, 0.1) is 0 Å². The highest BCUT2D eigenvalue weighted by atomic mass is 16.5. The molecule has 2 heterocycles. The summed E-state index contributed by atoms with van der Waals surface area (Å²) in [4.78, 5) is 19.2. The number of carbonyl (C=O) groups is 1. The number of nitrogens with one attached hydrogen (secondary N) is 3. The van der Waals surface area contributed by atoms with Gasteiger partial charge in [0.25, 0.3) is 0 Å². The molecule has 2 aromatic carbocycles. The van der Waals surface area contributed by atoms with Gasteiger partial charge < -0.3 is 25.6 Å². The third-order valence-corrected chi connectivity index (χ3v) is 5.82. The predicted octanol–water partition coefficient (Wildman–Crippen LogP) is 4.83. The summed E-state index contributed by atoms with van der Waals surface area (Å²) < 4.78 is 5.37. The number of benzene rings is 2. The van der Waals surface area contributed by atoms with Crippen molar-refractivity contribution in [3.63, 3.8) is 0 Å². The van der Waals surface area contributed by atoms with Crippen LogP contribution in [0.15, 0.2) is 66.9 Å². The molecule has 3 aromatic rings. The van der Waals surface area contributed by atoms with Gasteiger partial charge in [-0.25, -0.2) is 4.98 Å². The Hall–Kier alpha value is -3.42. The van der Waals surface area contributed by atoms with E-state index in [0.717, 1.165) is 54.1 Å². The summed E-state index contributed by atoms with van der Waals surface area (Å²) >= 11 is 0. The second-order valence-electron chi connectivity index (χ2n) is 8.83. The highest BCUT2D eigenvalue weighted by Gasteiger charge is 2.22. The number of nitrogens with zero attached hydrogens (tertiary/aromatic N) is 2. The monoisotopic (exact) mass is 459 g/mol. The van der Waals surface area contributed by atoms with Gasteiger partial charge in [0, 0.05) is 55.5 Å². The Bertz CT molecular complexity index is 1080. The molecule has 34 heavy (non-hydrogen) atoms. The number of hydrogen-bond acceptors (Lipinski definition) is 6. The third-order valence-electron chi connectivity index (χ3n) is 5.82. The van der Waals surface area contributed by atoms with Gasteiger partial charge in [0.15, 0.2) is 0 Å². The first-order chi connectivity index (χ1) is 16.6. The van der Waals surface area contributed by atoms with Crippen molar-refractivity contribution in [3.8, 4) is 11.1 Å². The molecule has 0 unspecified atom stereocenters. The van der Waals surface area contributed by atoms with Gasteiger partial charge in [0.1, 0.15) is 5.82 Å². The highest BCUT2D eigenvalue weighted by molar-refractivity contribution is 5.92. The zero-order valence-electron chi connectivity index (χ0n) is 19.9. The molecule has 1 saturated heterocycles. The van der Waals surface area contributed by atoms with Crippen molar-refractivity contribution in [2.24, 2.45) is 5.92 Å². The molecule has 0 aliphatic carbocycles. The Morgan fingerprint density at radius 1 is 0.971 bits per heavy atom. The van der Waals surface area contributed by atoms with Crippen LogP contribution in [0.3, 0.4) is 0 Å². The number of pyridine rings is 1. The lowest BCUT2D eigenvalue weighted by atomic mass is 9.99. The zero-order valence-corrected chi connectivity index (χ0v) is 19.9. The van der Waals surface area contributed by atoms with Crippen LogP contribution in [0.5, 0.6) is 0 Å². The molecule has 7 nitrogen and oxygen atoms in total. The molecule has 1 aromatic heterocycles. The van der Waals surface area contributed by atoms with Gasteiger partial charge in [-0.3, -0.25) is 4.79 Å². The van der Waals surface area contributed by atoms with Gasteiger partial charge in [-0.1, -0.05) is 18.2 Å². The summed E-state index contributed by atoms with van der Waals surface area (Å²) in [6.07, 6.45) is 3.24. The number of likely N-dealkylation sites (N-methyl/N-ethyl adjacent to an activating group) is 1. The summed E-state index contributed by atoms with van der Waals surface area (Å²) in [6, 6.07) is 20.4. The Morgan fingerprint density at radius 2 is 1.74 bits per heavy atom. The molecule has 0 spiro atoms. The average molecular weight is 460 g/mol. The van der Waals surface area contributed by atoms with E-state index in [1.165, 1.54) is 0 Å². The van der Waals surface area contributed by atoms with E-state index in [9.17, 15) is 4.79 Å². The van der Waals surface area contributed by atoms with Crippen LogP contribution < -0.4 is 16.0 Å². The van der Waals surface area contributed by atoms with Crippen molar-refractivity contribution in [2.75, 3.05) is 56.3 Å². The van der Waals surface area contributed by atoms with Gasteiger partial charge in [0.2, 0.25) is 5.91 Å². The van der Waals surface area contributed by atoms with Crippen LogP contribution >= 0.6 is 0 Å². The fourth-order valence-electron chi connectivity index (χ4n) is 3.95. The summed E-state index contributed by atoms with van der Waals surface area (Å²) in [7, 11) is 4.13. The maximum Gasteiger partial charge on any atom is 0.228 e. The topological polar surface area (TPSA) is 78.5 Å². The van der Waals surface area contributed by atoms with Gasteiger partial charge in [-0.15, -0.1) is 0 Å². The maximum absolute atomic E-state index is 12.7. The van der Waals surface area contributed by atoms with Crippen molar-refractivity contribution in [2.45, 2.75) is 12.8 Å². The van der Waals surface area contributed by atoms with Crippen LogP contribution in [0, 0.1) is 5.92 Å². The number of hydrogen-bond donors (Lipinski definition) is 3. The number of ether oxygens (including phenoxy) is 1. The largest absolute Gasteiger partial charge is 0.384 e. The van der Waals surface area contributed by atoms with E-state index in [0.29, 0.717) is 19.0 Å². The summed E-state index contributed by atoms with van der Waals surface area (Å²) in [5.41, 5.74) is 5.07. The van der Waals surface area contributed by atoms with E-state index < -0.39 is 0 Å². The fraction of sp³-hybridized carbons (Fsp3) is 0.333. The Morgan fingerprint density at radius 3 is 2.50 bits per heavy atom. The minimum Gasteiger partial charge on any atom is -0.384 e. The lowest BCUT2D eigenvalue weighted by molar-refractivity contribution is -0.122. The molecule has 0 atom stereocenters. The van der Waals surface area contributed by atoms with Crippen molar-refractivity contribution >= 4 is 28.8 Å². The third kappa shape index (κ3) is 6.79. The zero-order chi connectivity index (χ0) is 23.8. The van der Waals surface area contributed by atoms with Crippen LogP contribution in [0.4, 0.5) is 22.9 Å². The minimum absolute atomic E-state index is 0.0125. The molecule has 1 aliphatic heterocycles. The molecule has 0 radical (unpaired) electrons. The molecule has 4 rings (SSSR count). The van der Waals surface area contributed by atoms with Crippen molar-refractivity contribution in [3.05, 3.63) is 66.9 Å². The van der Waals surface area contributed by atoms with Crippen LogP contribution in [0.25, 0.3) is 11.1 Å². The normalized spacial score (nSPS) is 14.1. The van der Waals surface area contributed by atoms with Crippen LogP contribution in [-0.2, 0) is 9.53 Å². The molecule has 1 aliphatic rings. The number of rotatable bonds is 9. The first kappa shape index (κ1) is 23.7. The number of anilines is 4. The van der Waals surface area contributed by atoms with Crippen molar-refractivity contribution in [1.29, 1.82) is 0 Å². The Labute approximate surface area is 201 Å². The quantitative estimate of drug-likeness (QED) is 0.425. The molecule has 0 bridgehead atoms. The molecular weight excluding hydrogens is 426 g/mol. The van der Waals surface area contributed by atoms with Crippen molar-refractivity contribution in [1.82, 2.24) is 9.88 Å². The lowest BCUT2D eigenvalue weighted by Crippen LogP contribution is -2.28. The average Bonchev–Trinajstić information content (AvgIpc) is 2.85. The summed E-state index contributed by atoms with van der Waals surface area (Å²) in [5, 5.41) is 10.0. The first-order valence-electron chi connectivity index (χ1n) is 11.8. The van der Waals surface area contributed by atoms with Gasteiger partial charge >= 0.3 is 0 Å². The van der Waals surface area contributed by atoms with E-state index in [2.05, 4.69) is 58.1 Å². The number of amides is 1. The van der Waals surface area contributed by atoms with E-state index in [-0.39, 0.29) is 11.8 Å². The second kappa shape index (κ2) is 11.6. The number of carbonyl (C=O) groups excluding carboxylic acids is 1. The van der Waals surface area contributed by atoms with E-state index in [4.69, 9.17) is 4.74 Å². The number of aromatic nitrogens is 1. The molecule has 178 valence electrons. The Balaban J connectivity index is 1.56. The van der Waals surface area contributed by atoms with Crippen molar-refractivity contribution < 1.29 is 9.53 Å². The molecule has 1 fully saturated rings. The van der Waals surface area contributed by atoms with E-state index in [1.54, 1.807) is 6.20 Å². The predicted molar refractivity (Wildman–Crippen MR) is 139 cm³/mol. The second-order valence-corrected chi connectivity index (χ2v) is 8.83. The first-order valence-corrected chi connectivity index (χ1v) is 11.8. The minimum atomic E-state index is -0.0230. The van der Waals surface area contributed by atoms with Gasteiger partial charge in [-0.05, 0) is 80.5 Å². The Kier molecular flexibility index (Phi) is 8.12. The van der Waals surface area contributed by atoms with E-state index >= 15 is 0 Å². The van der Waals surface area contributed by atoms with Crippen LogP contribution in [-0.4, -0.2) is 56.2 Å². The summed E-state index contributed by atoms with van der Waals surface area (Å²) in [6.45, 7) is 3.04. The van der Waals surface area contributed by atoms with Crippen LogP contribution in [0.1, 0.15) is 12.8 Å². The molecule has 3 N–H and O–H groups in total. The smallest absolute Gasteiger partial charge is 0.228 e. The summed E-state index contributed by atoms with van der Waals surface area (Å²) in [5.74, 6) is 0.557. The SMILES string of the molecule is CN(C)CCNc1cc(Nc2ccccc2)cc(-c2ccnc(NC(=O)C3CCOCC3)c2)c1. The maximum atomic E-state index is 12.7. The molecular formula is C27H33N5O2. The lowest BCUT2D eigenvalue weighted by Gasteiger charge is -2.21. The number of para-hydroxylation sites is 1. The highest BCUT2D eigenvalue weighted by Crippen LogP contribution is 2.30. The molecule has 0 saturated carbocycles. The van der Waals surface area contributed by atoms with Gasteiger partial charge in [-0.2, -0.15) is 0 Å². The van der Waals surface area contributed by atoms with Crippen LogP contribution in [0.2, 0.25) is 0 Å². The van der Waals surface area contributed by atoms with E-state index in [1.807, 2.05) is 42.5 Å². The fourth-order valence-corrected chi connectivity index (χ4v) is 3.95. The standard InChI is InChI=1S/C27H33N5O2/c1-32(2)13-12-28-24-16-22(17-25(19-24)30-23-6-4-3-5-7-23)21-8-11-29-26(18-21)31-27(33)20-9-14-34-15-10-20/h3-8,11,16-20,28,30H,9-10,12-15H2,1-2H3,(H,29,31,33).